The van der Waals surface area contributed by atoms with Gasteiger partial charge in [-0.1, -0.05) is 43.3 Å². The number of hydrogen-bond donors (Lipinski definition) is 2. The van der Waals surface area contributed by atoms with E-state index in [0.29, 0.717) is 23.3 Å². The van der Waals surface area contributed by atoms with Crippen LogP contribution in [0.1, 0.15) is 24.1 Å². The van der Waals surface area contributed by atoms with Crippen LogP contribution in [0.4, 0.5) is 17.6 Å². The third-order valence-corrected chi connectivity index (χ3v) is 5.27. The summed E-state index contributed by atoms with van der Waals surface area (Å²) in [5.41, 5.74) is 8.97. The van der Waals surface area contributed by atoms with Crippen LogP contribution < -0.4 is 11.1 Å². The lowest BCUT2D eigenvalue weighted by Crippen LogP contribution is -2.07. The van der Waals surface area contributed by atoms with Crippen molar-refractivity contribution in [1.82, 2.24) is 35.2 Å². The number of nitrogens with two attached hydrogens (primary N) is 1. The van der Waals surface area contributed by atoms with E-state index >= 15 is 0 Å². The van der Waals surface area contributed by atoms with E-state index in [0.717, 1.165) is 23.6 Å². The van der Waals surface area contributed by atoms with Gasteiger partial charge in [-0.15, -0.1) is 16.9 Å². The molecule has 0 fully saturated rings. The van der Waals surface area contributed by atoms with Crippen molar-refractivity contribution < 1.29 is 0 Å². The number of nitrogens with one attached hydrogen (secondary N) is 1. The van der Waals surface area contributed by atoms with E-state index in [-0.39, 0.29) is 5.95 Å². The van der Waals surface area contributed by atoms with E-state index in [1.165, 1.54) is 5.56 Å². The second-order valence-corrected chi connectivity index (χ2v) is 7.39. The van der Waals surface area contributed by atoms with Crippen LogP contribution >= 0.6 is 11.8 Å². The highest BCUT2D eigenvalue weighted by Gasteiger charge is 2.11. The van der Waals surface area contributed by atoms with Crippen molar-refractivity contribution in [2.24, 2.45) is 0 Å². The molecule has 0 saturated heterocycles. The van der Waals surface area contributed by atoms with Crippen LogP contribution in [0.25, 0.3) is 5.69 Å². The van der Waals surface area contributed by atoms with E-state index in [1.54, 1.807) is 16.4 Å². The third kappa shape index (κ3) is 4.71. The van der Waals surface area contributed by atoms with E-state index in [2.05, 4.69) is 48.8 Å². The number of rotatable bonds is 8. The van der Waals surface area contributed by atoms with Crippen molar-refractivity contribution in [3.8, 4) is 5.69 Å². The second-order valence-electron chi connectivity index (χ2n) is 6.40. The molecule has 2 heterocycles. The van der Waals surface area contributed by atoms with E-state index in [1.807, 2.05) is 48.5 Å². The molecular weight excluding hydrogens is 398 g/mol. The molecule has 152 valence electrons. The fourth-order valence-corrected chi connectivity index (χ4v) is 3.70. The normalized spacial score (nSPS) is 10.8. The SMILES string of the molecule is CCc1ccccc1Nc1nc(N)nc(CSCc2nnnn2-c2ccccc2)n1. The van der Waals surface area contributed by atoms with E-state index < -0.39 is 0 Å². The van der Waals surface area contributed by atoms with E-state index in [4.69, 9.17) is 5.73 Å². The zero-order chi connectivity index (χ0) is 20.8. The Morgan fingerprint density at radius 3 is 2.60 bits per heavy atom. The molecule has 0 unspecified atom stereocenters. The summed E-state index contributed by atoms with van der Waals surface area (Å²) in [4.78, 5) is 13.0. The molecule has 30 heavy (non-hydrogen) atoms. The standard InChI is InChI=1S/C20H21N9S/c1-2-14-8-6-7-11-16(14)22-20-24-17(23-19(21)25-20)12-30-13-18-26-27-28-29(18)15-9-4-3-5-10-15/h3-11H,2,12-13H2,1H3,(H3,21,22,23,24,25). The number of benzene rings is 2. The Bertz CT molecular complexity index is 1110. The Balaban J connectivity index is 1.43. The highest BCUT2D eigenvalue weighted by molar-refractivity contribution is 7.97. The molecule has 0 aliphatic carbocycles. The molecule has 0 bridgehead atoms. The van der Waals surface area contributed by atoms with Gasteiger partial charge in [0.15, 0.2) is 5.82 Å². The minimum Gasteiger partial charge on any atom is -0.368 e. The Morgan fingerprint density at radius 2 is 1.77 bits per heavy atom. The van der Waals surface area contributed by atoms with Crippen LogP contribution in [0.2, 0.25) is 0 Å². The van der Waals surface area contributed by atoms with Crippen molar-refractivity contribution in [3.63, 3.8) is 0 Å². The number of para-hydroxylation sites is 2. The fourth-order valence-electron chi connectivity index (χ4n) is 2.93. The Hall–Kier alpha value is -3.53. The first-order chi connectivity index (χ1) is 14.7. The molecule has 0 atom stereocenters. The molecule has 0 aliphatic rings. The highest BCUT2D eigenvalue weighted by Crippen LogP contribution is 2.21. The number of aromatic nitrogens is 7. The zero-order valence-corrected chi connectivity index (χ0v) is 17.3. The number of nitrogens with zero attached hydrogens (tertiary/aromatic N) is 7. The van der Waals surface area contributed by atoms with Gasteiger partial charge < -0.3 is 11.1 Å². The predicted octanol–water partition coefficient (Wildman–Crippen LogP) is 3.17. The van der Waals surface area contributed by atoms with Crippen molar-refractivity contribution in [1.29, 1.82) is 0 Å². The number of aryl methyl sites for hydroxylation is 1. The van der Waals surface area contributed by atoms with Gasteiger partial charge in [0.25, 0.3) is 0 Å². The summed E-state index contributed by atoms with van der Waals surface area (Å²) in [6, 6.07) is 17.8. The summed E-state index contributed by atoms with van der Waals surface area (Å²) < 4.78 is 1.73. The maximum absolute atomic E-state index is 5.90. The lowest BCUT2D eigenvalue weighted by atomic mass is 10.1. The Labute approximate surface area is 178 Å². The van der Waals surface area contributed by atoms with Gasteiger partial charge in [-0.25, -0.2) is 0 Å². The Kier molecular flexibility index (Phi) is 6.14. The minimum absolute atomic E-state index is 0.186. The summed E-state index contributed by atoms with van der Waals surface area (Å²) in [6.07, 6.45) is 0.905. The van der Waals surface area contributed by atoms with Crippen molar-refractivity contribution >= 4 is 29.3 Å². The van der Waals surface area contributed by atoms with Gasteiger partial charge in [-0.05, 0) is 40.6 Å². The average Bonchev–Trinajstić information content (AvgIpc) is 3.23. The molecule has 0 spiro atoms. The molecule has 0 aliphatic heterocycles. The molecule has 4 rings (SSSR count). The van der Waals surface area contributed by atoms with Crippen LogP contribution in [-0.4, -0.2) is 35.2 Å². The van der Waals surface area contributed by atoms with Gasteiger partial charge in [-0.3, -0.25) is 0 Å². The molecule has 2 aromatic carbocycles. The summed E-state index contributed by atoms with van der Waals surface area (Å²) in [7, 11) is 0. The van der Waals surface area contributed by atoms with Crippen molar-refractivity contribution in [2.75, 3.05) is 11.1 Å². The quantitative estimate of drug-likeness (QED) is 0.443. The number of thioether (sulfide) groups is 1. The first-order valence-electron chi connectivity index (χ1n) is 9.48. The summed E-state index contributed by atoms with van der Waals surface area (Å²) >= 11 is 1.60. The predicted molar refractivity (Wildman–Crippen MR) is 117 cm³/mol. The van der Waals surface area contributed by atoms with Gasteiger partial charge in [0, 0.05) is 5.69 Å². The molecule has 3 N–H and O–H groups in total. The lowest BCUT2D eigenvalue weighted by molar-refractivity contribution is 0.777. The molecule has 4 aromatic rings. The fraction of sp³-hybridized carbons (Fsp3) is 0.200. The van der Waals surface area contributed by atoms with Gasteiger partial charge in [0.05, 0.1) is 17.2 Å². The van der Waals surface area contributed by atoms with Gasteiger partial charge in [-0.2, -0.15) is 19.6 Å². The zero-order valence-electron chi connectivity index (χ0n) is 16.4. The Morgan fingerprint density at radius 1 is 0.967 bits per heavy atom. The summed E-state index contributed by atoms with van der Waals surface area (Å²) in [6.45, 7) is 2.10. The first-order valence-corrected chi connectivity index (χ1v) is 10.6. The van der Waals surface area contributed by atoms with Crippen LogP contribution in [0.5, 0.6) is 0 Å². The number of tetrazole rings is 1. The smallest absolute Gasteiger partial charge is 0.232 e. The average molecular weight is 420 g/mol. The van der Waals surface area contributed by atoms with Crippen LogP contribution in [0.3, 0.4) is 0 Å². The second kappa shape index (κ2) is 9.31. The molecule has 0 amide bonds. The molecule has 0 radical (unpaired) electrons. The summed E-state index contributed by atoms with van der Waals surface area (Å²) in [5, 5.41) is 15.2. The highest BCUT2D eigenvalue weighted by atomic mass is 32.2. The summed E-state index contributed by atoms with van der Waals surface area (Å²) in [5.74, 6) is 3.14. The molecular formula is C20H21N9S. The topological polar surface area (TPSA) is 120 Å². The van der Waals surface area contributed by atoms with Gasteiger partial charge in [0.1, 0.15) is 5.82 Å². The van der Waals surface area contributed by atoms with Crippen molar-refractivity contribution in [2.45, 2.75) is 24.9 Å². The minimum atomic E-state index is 0.186. The monoisotopic (exact) mass is 419 g/mol. The van der Waals surface area contributed by atoms with Crippen LogP contribution in [-0.2, 0) is 17.9 Å². The number of hydrogen-bond acceptors (Lipinski definition) is 9. The molecule has 2 aromatic heterocycles. The molecule has 10 heteroatoms. The van der Waals surface area contributed by atoms with Gasteiger partial charge in [0.2, 0.25) is 11.9 Å². The van der Waals surface area contributed by atoms with Crippen LogP contribution in [0.15, 0.2) is 54.6 Å². The maximum Gasteiger partial charge on any atom is 0.232 e. The molecule has 0 saturated carbocycles. The van der Waals surface area contributed by atoms with E-state index in [9.17, 15) is 0 Å². The first kappa shape index (κ1) is 19.8. The number of anilines is 3. The number of nitrogen functional groups attached to an aromatic ring is 1. The maximum atomic E-state index is 5.90. The van der Waals surface area contributed by atoms with Crippen molar-refractivity contribution in [3.05, 3.63) is 71.8 Å². The lowest BCUT2D eigenvalue weighted by Gasteiger charge is -2.10. The molecule has 9 nitrogen and oxygen atoms in total. The van der Waals surface area contributed by atoms with Crippen LogP contribution in [0, 0.1) is 0 Å². The van der Waals surface area contributed by atoms with Gasteiger partial charge >= 0.3 is 0 Å². The largest absolute Gasteiger partial charge is 0.368 e. The third-order valence-electron chi connectivity index (χ3n) is 4.34.